The van der Waals surface area contributed by atoms with E-state index in [9.17, 15) is 18.0 Å². The molecule has 4 aromatic rings. The molecule has 0 aliphatic rings. The third kappa shape index (κ3) is 5.52. The van der Waals surface area contributed by atoms with Crippen LogP contribution in [0.2, 0.25) is 0 Å². The number of anilines is 2. The van der Waals surface area contributed by atoms with E-state index in [1.165, 1.54) is 24.4 Å². The van der Waals surface area contributed by atoms with Gasteiger partial charge in [0.15, 0.2) is 10.8 Å². The minimum atomic E-state index is -4.77. The number of amides is 1. The van der Waals surface area contributed by atoms with Gasteiger partial charge in [-0.1, -0.05) is 11.3 Å². The maximum absolute atomic E-state index is 12.5. The van der Waals surface area contributed by atoms with Crippen LogP contribution in [0.3, 0.4) is 0 Å². The Morgan fingerprint density at radius 1 is 1.21 bits per heavy atom. The number of imidazole rings is 1. The van der Waals surface area contributed by atoms with Crippen LogP contribution in [0.15, 0.2) is 30.5 Å². The lowest BCUT2D eigenvalue weighted by Gasteiger charge is -2.07. The first-order chi connectivity index (χ1) is 16.2. The molecule has 180 valence electrons. The van der Waals surface area contributed by atoms with Crippen LogP contribution < -0.4 is 15.4 Å². The van der Waals surface area contributed by atoms with E-state index in [2.05, 4.69) is 30.3 Å². The molecule has 0 bridgehead atoms. The second kappa shape index (κ2) is 9.79. The van der Waals surface area contributed by atoms with E-state index < -0.39 is 6.36 Å². The van der Waals surface area contributed by atoms with Crippen LogP contribution in [0, 0.1) is 0 Å². The van der Waals surface area contributed by atoms with Gasteiger partial charge in [0.05, 0.1) is 35.6 Å². The molecule has 0 radical (unpaired) electrons. The lowest BCUT2D eigenvalue weighted by molar-refractivity contribution is -0.274. The average Bonchev–Trinajstić information content (AvgIpc) is 3.32. The molecule has 3 aromatic heterocycles. The Morgan fingerprint density at radius 3 is 2.79 bits per heavy atom. The molecule has 0 unspecified atom stereocenters. The van der Waals surface area contributed by atoms with Gasteiger partial charge in [-0.3, -0.25) is 9.36 Å². The minimum absolute atomic E-state index is 0.0882. The number of aryl methyl sites for hydroxylation is 1. The molecule has 1 aromatic carbocycles. The molecule has 0 saturated carbocycles. The van der Waals surface area contributed by atoms with E-state index in [0.717, 1.165) is 11.3 Å². The number of rotatable bonds is 9. The molecule has 1 amide bonds. The quantitative estimate of drug-likeness (QED) is 0.302. The Bertz CT molecular complexity index is 1320. The smallest absolute Gasteiger partial charge is 0.406 e. The number of aliphatic hydroxyl groups excluding tert-OH is 1. The van der Waals surface area contributed by atoms with Gasteiger partial charge in [-0.25, -0.2) is 15.0 Å². The van der Waals surface area contributed by atoms with Crippen molar-refractivity contribution < 1.29 is 32.5 Å². The number of nitrogens with zero attached hydrogens (tertiary/aromatic N) is 4. The predicted molar refractivity (Wildman–Crippen MR) is 118 cm³/mol. The number of carbonyl (C=O) groups excluding carboxylic acids is 1. The highest BCUT2D eigenvalue weighted by Crippen LogP contribution is 2.33. The highest BCUT2D eigenvalue weighted by atomic mass is 32.1. The summed E-state index contributed by atoms with van der Waals surface area (Å²) >= 11 is 1.14. The molecule has 0 saturated heterocycles. The number of halogens is 3. The first-order valence-corrected chi connectivity index (χ1v) is 10.8. The molecule has 14 heteroatoms. The second-order valence-electron chi connectivity index (χ2n) is 6.97. The van der Waals surface area contributed by atoms with E-state index in [1.807, 2.05) is 0 Å². The highest BCUT2D eigenvalue weighted by molar-refractivity contribution is 7.22. The summed E-state index contributed by atoms with van der Waals surface area (Å²) in [5.74, 6) is -0.276. The van der Waals surface area contributed by atoms with Gasteiger partial charge in [0.25, 0.3) is 5.91 Å². The standard InChI is InChI=1S/C20H19F3N6O4S/c1-29-16-14(8-11(10-25-16)17(31)24-4-6-32-7-5-30)26-18(29)28-19-27-13-3-2-12(9-15(13)34-19)33-20(21,22)23/h2-3,8-10,30H,4-7H2,1H3,(H,24,31)(H,26,27,28). The fourth-order valence-corrected chi connectivity index (χ4v) is 3.96. The minimum Gasteiger partial charge on any atom is -0.406 e. The summed E-state index contributed by atoms with van der Waals surface area (Å²) < 4.78 is 48.6. The van der Waals surface area contributed by atoms with Crippen LogP contribution >= 0.6 is 11.3 Å². The lowest BCUT2D eigenvalue weighted by atomic mass is 10.2. The summed E-state index contributed by atoms with van der Waals surface area (Å²) in [6, 6.07) is 5.50. The molecule has 10 nitrogen and oxygen atoms in total. The molecule has 0 fully saturated rings. The molecule has 0 spiro atoms. The highest BCUT2D eigenvalue weighted by Gasteiger charge is 2.31. The van der Waals surface area contributed by atoms with Crippen LogP contribution in [0.1, 0.15) is 10.4 Å². The van der Waals surface area contributed by atoms with Gasteiger partial charge < -0.3 is 25.2 Å². The van der Waals surface area contributed by atoms with Gasteiger partial charge in [0.2, 0.25) is 5.95 Å². The number of hydrogen-bond donors (Lipinski definition) is 3. The number of thiazole rings is 1. The molecular weight excluding hydrogens is 477 g/mol. The second-order valence-corrected chi connectivity index (χ2v) is 8.01. The Labute approximate surface area is 194 Å². The maximum atomic E-state index is 12.5. The Hall–Kier alpha value is -3.49. The van der Waals surface area contributed by atoms with E-state index >= 15 is 0 Å². The molecular formula is C20H19F3N6O4S. The number of carbonyl (C=O) groups is 1. The summed E-state index contributed by atoms with van der Waals surface area (Å²) in [6.45, 7) is 0.657. The zero-order chi connectivity index (χ0) is 24.3. The molecule has 0 aliphatic carbocycles. The molecule has 4 rings (SSSR count). The van der Waals surface area contributed by atoms with Crippen molar-refractivity contribution in [1.82, 2.24) is 24.8 Å². The third-order valence-electron chi connectivity index (χ3n) is 4.55. The number of benzene rings is 1. The van der Waals surface area contributed by atoms with Crippen molar-refractivity contribution in [2.45, 2.75) is 6.36 Å². The third-order valence-corrected chi connectivity index (χ3v) is 5.48. The number of hydrogen-bond acceptors (Lipinski definition) is 9. The zero-order valence-corrected chi connectivity index (χ0v) is 18.5. The van der Waals surface area contributed by atoms with Gasteiger partial charge in [0.1, 0.15) is 11.3 Å². The fourth-order valence-electron chi connectivity index (χ4n) is 3.07. The normalized spacial score (nSPS) is 11.8. The first kappa shape index (κ1) is 23.7. The number of nitrogens with one attached hydrogen (secondary N) is 2. The molecule has 0 aliphatic heterocycles. The lowest BCUT2D eigenvalue weighted by Crippen LogP contribution is -2.27. The molecule has 34 heavy (non-hydrogen) atoms. The monoisotopic (exact) mass is 496 g/mol. The number of alkyl halides is 3. The van der Waals surface area contributed by atoms with E-state index in [0.29, 0.717) is 38.0 Å². The largest absolute Gasteiger partial charge is 0.573 e. The molecule has 0 atom stereocenters. The van der Waals surface area contributed by atoms with E-state index in [-0.39, 0.29) is 38.0 Å². The van der Waals surface area contributed by atoms with E-state index in [4.69, 9.17) is 9.84 Å². The van der Waals surface area contributed by atoms with Gasteiger partial charge in [-0.15, -0.1) is 13.2 Å². The van der Waals surface area contributed by atoms with Crippen molar-refractivity contribution in [2.24, 2.45) is 7.05 Å². The number of ether oxygens (including phenoxy) is 2. The number of aromatic nitrogens is 4. The van der Waals surface area contributed by atoms with Crippen LogP contribution in [-0.4, -0.2) is 63.3 Å². The molecule has 3 heterocycles. The van der Waals surface area contributed by atoms with Crippen molar-refractivity contribution in [3.8, 4) is 5.75 Å². The number of aliphatic hydroxyl groups is 1. The average molecular weight is 496 g/mol. The van der Waals surface area contributed by atoms with Crippen molar-refractivity contribution >= 4 is 49.7 Å². The van der Waals surface area contributed by atoms with Crippen molar-refractivity contribution in [2.75, 3.05) is 31.7 Å². The van der Waals surface area contributed by atoms with Crippen LogP contribution in [-0.2, 0) is 11.8 Å². The first-order valence-electron chi connectivity index (χ1n) is 9.96. The summed E-state index contributed by atoms with van der Waals surface area (Å²) in [4.78, 5) is 25.4. The summed E-state index contributed by atoms with van der Waals surface area (Å²) in [7, 11) is 1.73. The summed E-state index contributed by atoms with van der Waals surface area (Å²) in [5.41, 5.74) is 1.81. The SMILES string of the molecule is Cn1c(Nc2nc3ccc(OC(F)(F)F)cc3s2)nc2cc(C(=O)NCCOCCO)cnc21. The van der Waals surface area contributed by atoms with Gasteiger partial charge in [0, 0.05) is 25.9 Å². The number of pyridine rings is 1. The zero-order valence-electron chi connectivity index (χ0n) is 17.7. The summed E-state index contributed by atoms with van der Waals surface area (Å²) in [6.07, 6.45) is -3.35. The summed E-state index contributed by atoms with van der Waals surface area (Å²) in [5, 5.41) is 14.8. The van der Waals surface area contributed by atoms with Gasteiger partial charge in [-0.2, -0.15) is 0 Å². The van der Waals surface area contributed by atoms with E-state index in [1.54, 1.807) is 17.7 Å². The topological polar surface area (TPSA) is 123 Å². The van der Waals surface area contributed by atoms with Crippen molar-refractivity contribution in [3.05, 3.63) is 36.0 Å². The fraction of sp³-hybridized carbons (Fsp3) is 0.300. The Kier molecular flexibility index (Phi) is 6.81. The van der Waals surface area contributed by atoms with Crippen molar-refractivity contribution in [1.29, 1.82) is 0 Å². The Balaban J connectivity index is 1.49. The predicted octanol–water partition coefficient (Wildman–Crippen LogP) is 2.96. The van der Waals surface area contributed by atoms with Crippen LogP contribution in [0.25, 0.3) is 21.4 Å². The van der Waals surface area contributed by atoms with Crippen LogP contribution in [0.4, 0.5) is 24.3 Å². The van der Waals surface area contributed by atoms with Crippen molar-refractivity contribution in [3.63, 3.8) is 0 Å². The Morgan fingerprint density at radius 2 is 2.03 bits per heavy atom. The maximum Gasteiger partial charge on any atom is 0.573 e. The number of fused-ring (bicyclic) bond motifs is 2. The van der Waals surface area contributed by atoms with Crippen LogP contribution in [0.5, 0.6) is 5.75 Å². The van der Waals surface area contributed by atoms with Gasteiger partial charge in [-0.05, 0) is 18.2 Å². The van der Waals surface area contributed by atoms with Gasteiger partial charge >= 0.3 is 6.36 Å². The molecule has 3 N–H and O–H groups in total.